The molecule has 0 aliphatic carbocycles. The van der Waals surface area contributed by atoms with Crippen molar-refractivity contribution in [1.82, 2.24) is 5.32 Å². The summed E-state index contributed by atoms with van der Waals surface area (Å²) in [5.41, 5.74) is 0. The summed E-state index contributed by atoms with van der Waals surface area (Å²) >= 11 is 0. The smallest absolute Gasteiger partial charge is 0.0615 e. The lowest BCUT2D eigenvalue weighted by molar-refractivity contribution is 0.148. The molecule has 0 radical (unpaired) electrons. The minimum absolute atomic E-state index is 0.488. The predicted molar refractivity (Wildman–Crippen MR) is 48.3 cm³/mol. The van der Waals surface area contributed by atoms with Gasteiger partial charge in [0.15, 0.2) is 0 Å². The van der Waals surface area contributed by atoms with Gasteiger partial charge in [0.1, 0.15) is 0 Å². The summed E-state index contributed by atoms with van der Waals surface area (Å²) in [6, 6.07) is 0.488. The second-order valence-corrected chi connectivity index (χ2v) is 3.41. The quantitative estimate of drug-likeness (QED) is 0.662. The first kappa shape index (κ1) is 9.96. The summed E-state index contributed by atoms with van der Waals surface area (Å²) in [6.45, 7) is 2.67. The van der Waals surface area contributed by atoms with Crippen molar-refractivity contribution in [2.45, 2.75) is 18.9 Å². The first-order valence-electron chi connectivity index (χ1n) is 4.60. The van der Waals surface area contributed by atoms with Crippen molar-refractivity contribution < 1.29 is 9.47 Å². The van der Waals surface area contributed by atoms with Crippen molar-refractivity contribution >= 4 is 0 Å². The Morgan fingerprint density at radius 1 is 1.67 bits per heavy atom. The van der Waals surface area contributed by atoms with Gasteiger partial charge >= 0.3 is 0 Å². The van der Waals surface area contributed by atoms with Gasteiger partial charge in [-0.2, -0.15) is 0 Å². The van der Waals surface area contributed by atoms with Gasteiger partial charge < -0.3 is 14.8 Å². The van der Waals surface area contributed by atoms with Gasteiger partial charge in [-0.3, -0.25) is 0 Å². The lowest BCUT2D eigenvalue weighted by Gasteiger charge is -2.17. The Hall–Kier alpha value is -0.120. The first-order chi connectivity index (χ1) is 5.86. The van der Waals surface area contributed by atoms with Gasteiger partial charge in [-0.05, 0) is 25.8 Å². The molecule has 72 valence electrons. The standard InChI is InChI=1S/C9H19NO2/c1-10-9(7-11-2)5-8-3-4-12-6-8/h8-10H,3-7H2,1-2H3. The average Bonchev–Trinajstić information content (AvgIpc) is 2.56. The molecule has 0 saturated carbocycles. The Morgan fingerprint density at radius 2 is 2.50 bits per heavy atom. The minimum atomic E-state index is 0.488. The number of nitrogens with one attached hydrogen (secondary N) is 1. The second-order valence-electron chi connectivity index (χ2n) is 3.41. The van der Waals surface area contributed by atoms with E-state index >= 15 is 0 Å². The maximum Gasteiger partial charge on any atom is 0.0615 e. The first-order valence-corrected chi connectivity index (χ1v) is 4.60. The fraction of sp³-hybridized carbons (Fsp3) is 1.00. The molecular weight excluding hydrogens is 154 g/mol. The summed E-state index contributed by atoms with van der Waals surface area (Å²) in [6.07, 6.45) is 2.38. The highest BCUT2D eigenvalue weighted by Crippen LogP contribution is 2.17. The van der Waals surface area contributed by atoms with E-state index in [1.165, 1.54) is 12.8 Å². The van der Waals surface area contributed by atoms with Crippen LogP contribution in [0.5, 0.6) is 0 Å². The highest BCUT2D eigenvalue weighted by Gasteiger charge is 2.19. The Kier molecular flexibility index (Phi) is 4.58. The topological polar surface area (TPSA) is 30.5 Å². The number of likely N-dealkylation sites (N-methyl/N-ethyl adjacent to an activating group) is 1. The van der Waals surface area contributed by atoms with Crippen LogP contribution in [0.4, 0.5) is 0 Å². The van der Waals surface area contributed by atoms with E-state index in [2.05, 4.69) is 5.32 Å². The van der Waals surface area contributed by atoms with E-state index in [0.717, 1.165) is 25.7 Å². The van der Waals surface area contributed by atoms with E-state index in [-0.39, 0.29) is 0 Å². The van der Waals surface area contributed by atoms with Crippen LogP contribution in [-0.2, 0) is 9.47 Å². The number of methoxy groups -OCH3 is 1. The zero-order valence-corrected chi connectivity index (χ0v) is 8.01. The summed E-state index contributed by atoms with van der Waals surface area (Å²) in [5, 5.41) is 3.25. The molecule has 2 atom stereocenters. The molecule has 3 heteroatoms. The van der Waals surface area contributed by atoms with E-state index in [1.54, 1.807) is 7.11 Å². The van der Waals surface area contributed by atoms with Crippen molar-refractivity contribution in [3.05, 3.63) is 0 Å². The molecule has 0 bridgehead atoms. The molecule has 0 amide bonds. The Labute approximate surface area is 74.4 Å². The molecule has 1 heterocycles. The van der Waals surface area contributed by atoms with Crippen molar-refractivity contribution in [2.24, 2.45) is 5.92 Å². The molecular formula is C9H19NO2. The van der Waals surface area contributed by atoms with Crippen LogP contribution >= 0.6 is 0 Å². The maximum atomic E-state index is 5.31. The Bertz CT molecular complexity index is 113. The van der Waals surface area contributed by atoms with Crippen LogP contribution in [0.25, 0.3) is 0 Å². The van der Waals surface area contributed by atoms with Gasteiger partial charge in [0.2, 0.25) is 0 Å². The zero-order valence-electron chi connectivity index (χ0n) is 8.01. The van der Waals surface area contributed by atoms with E-state index in [4.69, 9.17) is 9.47 Å². The zero-order chi connectivity index (χ0) is 8.81. The van der Waals surface area contributed by atoms with Gasteiger partial charge in [0.25, 0.3) is 0 Å². The molecule has 0 spiro atoms. The summed E-state index contributed by atoms with van der Waals surface area (Å²) in [5.74, 6) is 0.734. The SMILES string of the molecule is CNC(COC)CC1CCOC1. The van der Waals surface area contributed by atoms with Crippen LogP contribution in [0.1, 0.15) is 12.8 Å². The van der Waals surface area contributed by atoms with E-state index in [0.29, 0.717) is 6.04 Å². The lowest BCUT2D eigenvalue weighted by Crippen LogP contribution is -2.32. The number of hydrogen-bond donors (Lipinski definition) is 1. The van der Waals surface area contributed by atoms with Crippen LogP contribution in [0, 0.1) is 5.92 Å². The Morgan fingerprint density at radius 3 is 3.00 bits per heavy atom. The normalized spacial score (nSPS) is 26.0. The van der Waals surface area contributed by atoms with Crippen LogP contribution in [-0.4, -0.2) is 40.0 Å². The monoisotopic (exact) mass is 173 g/mol. The van der Waals surface area contributed by atoms with E-state index in [1.807, 2.05) is 7.05 Å². The molecule has 12 heavy (non-hydrogen) atoms. The van der Waals surface area contributed by atoms with Crippen molar-refractivity contribution in [3.8, 4) is 0 Å². The molecule has 2 unspecified atom stereocenters. The molecule has 1 aliphatic rings. The lowest BCUT2D eigenvalue weighted by atomic mass is 10.00. The van der Waals surface area contributed by atoms with Gasteiger partial charge in [-0.15, -0.1) is 0 Å². The van der Waals surface area contributed by atoms with Gasteiger partial charge in [-0.1, -0.05) is 0 Å². The molecule has 0 aromatic carbocycles. The van der Waals surface area contributed by atoms with E-state index < -0.39 is 0 Å². The molecule has 0 aromatic rings. The van der Waals surface area contributed by atoms with E-state index in [9.17, 15) is 0 Å². The third kappa shape index (κ3) is 3.09. The average molecular weight is 173 g/mol. The summed E-state index contributed by atoms with van der Waals surface area (Å²) in [4.78, 5) is 0. The largest absolute Gasteiger partial charge is 0.383 e. The number of hydrogen-bond acceptors (Lipinski definition) is 3. The van der Waals surface area contributed by atoms with Crippen molar-refractivity contribution in [1.29, 1.82) is 0 Å². The number of ether oxygens (including phenoxy) is 2. The second kappa shape index (κ2) is 5.51. The molecule has 0 aromatic heterocycles. The van der Waals surface area contributed by atoms with Crippen LogP contribution in [0.15, 0.2) is 0 Å². The van der Waals surface area contributed by atoms with Crippen LogP contribution < -0.4 is 5.32 Å². The Balaban J connectivity index is 2.16. The van der Waals surface area contributed by atoms with Crippen molar-refractivity contribution in [3.63, 3.8) is 0 Å². The fourth-order valence-corrected chi connectivity index (χ4v) is 1.64. The minimum Gasteiger partial charge on any atom is -0.383 e. The van der Waals surface area contributed by atoms with Crippen LogP contribution in [0.3, 0.4) is 0 Å². The third-order valence-electron chi connectivity index (χ3n) is 2.42. The molecule has 3 nitrogen and oxygen atoms in total. The molecule has 1 aliphatic heterocycles. The van der Waals surface area contributed by atoms with Gasteiger partial charge in [-0.25, -0.2) is 0 Å². The summed E-state index contributed by atoms with van der Waals surface area (Å²) in [7, 11) is 3.73. The van der Waals surface area contributed by atoms with Gasteiger partial charge in [0, 0.05) is 26.4 Å². The highest BCUT2D eigenvalue weighted by atomic mass is 16.5. The van der Waals surface area contributed by atoms with Gasteiger partial charge in [0.05, 0.1) is 6.61 Å². The summed E-state index contributed by atoms with van der Waals surface area (Å²) < 4.78 is 10.4. The highest BCUT2D eigenvalue weighted by molar-refractivity contribution is 4.72. The maximum absolute atomic E-state index is 5.31. The molecule has 1 fully saturated rings. The molecule has 1 saturated heterocycles. The fourth-order valence-electron chi connectivity index (χ4n) is 1.64. The molecule has 1 rings (SSSR count). The predicted octanol–water partition coefficient (Wildman–Crippen LogP) is 0.647. The number of rotatable bonds is 5. The van der Waals surface area contributed by atoms with Crippen LogP contribution in [0.2, 0.25) is 0 Å². The molecule has 1 N–H and O–H groups in total. The third-order valence-corrected chi connectivity index (χ3v) is 2.42. The van der Waals surface area contributed by atoms with Crippen molar-refractivity contribution in [2.75, 3.05) is 34.0 Å².